The zero-order valence-corrected chi connectivity index (χ0v) is 11.1. The number of benzene rings is 1. The fourth-order valence-corrected chi connectivity index (χ4v) is 2.59. The van der Waals surface area contributed by atoms with Crippen molar-refractivity contribution in [1.29, 1.82) is 0 Å². The summed E-state index contributed by atoms with van der Waals surface area (Å²) in [7, 11) is 0. The molecule has 0 aromatic heterocycles. The average molecular weight is 253 g/mol. The van der Waals surface area contributed by atoms with Gasteiger partial charge in [0.25, 0.3) is 0 Å². The highest BCUT2D eigenvalue weighted by molar-refractivity contribution is 5.22. The zero-order chi connectivity index (χ0) is 13.2. The van der Waals surface area contributed by atoms with E-state index in [0.29, 0.717) is 12.5 Å². The highest BCUT2D eigenvalue weighted by atomic mass is 19.1. The summed E-state index contributed by atoms with van der Waals surface area (Å²) in [6.45, 7) is 5.03. The first kappa shape index (κ1) is 13.5. The smallest absolute Gasteiger partial charge is 0.129 e. The lowest BCUT2D eigenvalue weighted by molar-refractivity contribution is 0.124. The maximum atomic E-state index is 13.7. The molecule has 1 saturated carbocycles. The standard InChI is InChI=1S/C15H21F2N/c1-11(2)18-10-15(7-4-8-15)9-12-13(16)5-3-6-14(12)17/h3,5-6,11,18H,4,7-10H2,1-2H3. The molecule has 1 N–H and O–H groups in total. The van der Waals surface area contributed by atoms with Gasteiger partial charge in [-0.25, -0.2) is 8.78 Å². The van der Waals surface area contributed by atoms with Crippen LogP contribution in [0.25, 0.3) is 0 Å². The van der Waals surface area contributed by atoms with Gasteiger partial charge in [-0.3, -0.25) is 0 Å². The van der Waals surface area contributed by atoms with Gasteiger partial charge in [0.05, 0.1) is 0 Å². The van der Waals surface area contributed by atoms with Crippen molar-refractivity contribution in [3.63, 3.8) is 0 Å². The molecule has 0 radical (unpaired) electrons. The monoisotopic (exact) mass is 253 g/mol. The molecule has 0 spiro atoms. The number of halogens is 2. The number of hydrogen-bond donors (Lipinski definition) is 1. The molecule has 0 bridgehead atoms. The number of rotatable bonds is 5. The second-order valence-corrected chi connectivity index (χ2v) is 5.77. The van der Waals surface area contributed by atoms with E-state index in [2.05, 4.69) is 19.2 Å². The van der Waals surface area contributed by atoms with Gasteiger partial charge in [0.15, 0.2) is 0 Å². The predicted molar refractivity (Wildman–Crippen MR) is 69.5 cm³/mol. The molecular weight excluding hydrogens is 232 g/mol. The number of nitrogens with one attached hydrogen (secondary N) is 1. The lowest BCUT2D eigenvalue weighted by atomic mass is 9.65. The molecule has 0 atom stereocenters. The average Bonchev–Trinajstić information content (AvgIpc) is 2.25. The molecule has 1 aliphatic carbocycles. The summed E-state index contributed by atoms with van der Waals surface area (Å²) in [6, 6.07) is 4.53. The van der Waals surface area contributed by atoms with Crippen LogP contribution in [0, 0.1) is 17.0 Å². The third-order valence-corrected chi connectivity index (χ3v) is 3.91. The van der Waals surface area contributed by atoms with Gasteiger partial charge in [-0.05, 0) is 36.8 Å². The summed E-state index contributed by atoms with van der Waals surface area (Å²) in [5.41, 5.74) is 0.301. The summed E-state index contributed by atoms with van der Waals surface area (Å²) in [5.74, 6) is -0.823. The van der Waals surface area contributed by atoms with Crippen molar-refractivity contribution < 1.29 is 8.78 Å². The quantitative estimate of drug-likeness (QED) is 0.844. The van der Waals surface area contributed by atoms with Crippen LogP contribution in [0.5, 0.6) is 0 Å². The van der Waals surface area contributed by atoms with E-state index in [9.17, 15) is 8.78 Å². The largest absolute Gasteiger partial charge is 0.314 e. The Bertz CT molecular complexity index is 391. The Hall–Kier alpha value is -0.960. The van der Waals surface area contributed by atoms with E-state index >= 15 is 0 Å². The first-order chi connectivity index (χ1) is 8.52. The van der Waals surface area contributed by atoms with Gasteiger partial charge in [-0.15, -0.1) is 0 Å². The molecule has 1 aliphatic rings. The van der Waals surface area contributed by atoms with Crippen LogP contribution in [-0.4, -0.2) is 12.6 Å². The molecule has 0 saturated heterocycles. The molecule has 1 nitrogen and oxygen atoms in total. The van der Waals surface area contributed by atoms with Crippen LogP contribution in [0.2, 0.25) is 0 Å². The van der Waals surface area contributed by atoms with E-state index in [1.54, 1.807) is 0 Å². The molecule has 1 aromatic rings. The van der Waals surface area contributed by atoms with Crippen molar-refractivity contribution in [2.45, 2.75) is 45.6 Å². The molecular formula is C15H21F2N. The van der Waals surface area contributed by atoms with Crippen molar-refractivity contribution in [1.82, 2.24) is 5.32 Å². The lowest BCUT2D eigenvalue weighted by Gasteiger charge is -2.43. The molecule has 100 valence electrons. The SMILES string of the molecule is CC(C)NCC1(Cc2c(F)cccc2F)CCC1. The van der Waals surface area contributed by atoms with Gasteiger partial charge in [0.2, 0.25) is 0 Å². The van der Waals surface area contributed by atoms with E-state index in [4.69, 9.17) is 0 Å². The third kappa shape index (κ3) is 2.89. The van der Waals surface area contributed by atoms with Gasteiger partial charge < -0.3 is 5.32 Å². The number of hydrogen-bond acceptors (Lipinski definition) is 1. The Morgan fingerprint density at radius 3 is 2.28 bits per heavy atom. The highest BCUT2D eigenvalue weighted by Crippen LogP contribution is 2.44. The van der Waals surface area contributed by atoms with Crippen molar-refractivity contribution in [2.75, 3.05) is 6.54 Å². The molecule has 3 heteroatoms. The van der Waals surface area contributed by atoms with Gasteiger partial charge in [0.1, 0.15) is 11.6 Å². The van der Waals surface area contributed by atoms with Crippen LogP contribution < -0.4 is 5.32 Å². The Kier molecular flexibility index (Phi) is 4.00. The fourth-order valence-electron chi connectivity index (χ4n) is 2.59. The second-order valence-electron chi connectivity index (χ2n) is 5.77. The molecule has 1 fully saturated rings. The van der Waals surface area contributed by atoms with Crippen LogP contribution >= 0.6 is 0 Å². The normalized spacial score (nSPS) is 17.8. The van der Waals surface area contributed by atoms with Gasteiger partial charge in [0, 0.05) is 18.2 Å². The molecule has 1 aromatic carbocycles. The topological polar surface area (TPSA) is 12.0 Å². The van der Waals surface area contributed by atoms with Crippen molar-refractivity contribution >= 4 is 0 Å². The molecule has 0 amide bonds. The van der Waals surface area contributed by atoms with Crippen LogP contribution in [0.1, 0.15) is 38.7 Å². The summed E-state index contributed by atoms with van der Waals surface area (Å²) in [4.78, 5) is 0. The van der Waals surface area contributed by atoms with Crippen molar-refractivity contribution in [3.8, 4) is 0 Å². The van der Waals surface area contributed by atoms with E-state index in [0.717, 1.165) is 25.8 Å². The molecule has 0 heterocycles. The lowest BCUT2D eigenvalue weighted by Crippen LogP contribution is -2.44. The van der Waals surface area contributed by atoms with Crippen LogP contribution in [0.15, 0.2) is 18.2 Å². The maximum absolute atomic E-state index is 13.7. The molecule has 0 unspecified atom stereocenters. The first-order valence-electron chi connectivity index (χ1n) is 6.69. The minimum absolute atomic E-state index is 0.0489. The molecule has 2 rings (SSSR count). The highest BCUT2D eigenvalue weighted by Gasteiger charge is 2.38. The van der Waals surface area contributed by atoms with Crippen molar-refractivity contribution in [2.24, 2.45) is 5.41 Å². The molecule has 0 aliphatic heterocycles. The van der Waals surface area contributed by atoms with E-state index in [1.165, 1.54) is 18.2 Å². The van der Waals surface area contributed by atoms with Crippen LogP contribution in [0.3, 0.4) is 0 Å². The van der Waals surface area contributed by atoms with Crippen molar-refractivity contribution in [3.05, 3.63) is 35.4 Å². The third-order valence-electron chi connectivity index (χ3n) is 3.91. The van der Waals surface area contributed by atoms with E-state index < -0.39 is 11.6 Å². The van der Waals surface area contributed by atoms with Crippen LogP contribution in [-0.2, 0) is 6.42 Å². The summed E-state index contributed by atoms with van der Waals surface area (Å²) in [5, 5.41) is 3.40. The summed E-state index contributed by atoms with van der Waals surface area (Å²) in [6.07, 6.45) is 3.78. The summed E-state index contributed by atoms with van der Waals surface area (Å²) < 4.78 is 27.4. The Morgan fingerprint density at radius 2 is 1.83 bits per heavy atom. The first-order valence-corrected chi connectivity index (χ1v) is 6.69. The maximum Gasteiger partial charge on any atom is 0.129 e. The Morgan fingerprint density at radius 1 is 1.22 bits per heavy atom. The Labute approximate surface area is 108 Å². The van der Waals surface area contributed by atoms with E-state index in [-0.39, 0.29) is 11.0 Å². The van der Waals surface area contributed by atoms with E-state index in [1.807, 2.05) is 0 Å². The fraction of sp³-hybridized carbons (Fsp3) is 0.600. The Balaban J connectivity index is 2.10. The zero-order valence-electron chi connectivity index (χ0n) is 11.1. The van der Waals surface area contributed by atoms with Gasteiger partial charge >= 0.3 is 0 Å². The minimum Gasteiger partial charge on any atom is -0.314 e. The van der Waals surface area contributed by atoms with Crippen LogP contribution in [0.4, 0.5) is 8.78 Å². The minimum atomic E-state index is -0.411. The summed E-state index contributed by atoms with van der Waals surface area (Å²) >= 11 is 0. The van der Waals surface area contributed by atoms with Gasteiger partial charge in [-0.1, -0.05) is 26.3 Å². The second kappa shape index (κ2) is 5.35. The predicted octanol–water partition coefficient (Wildman–Crippen LogP) is 3.68. The molecule has 18 heavy (non-hydrogen) atoms. The van der Waals surface area contributed by atoms with Gasteiger partial charge in [-0.2, -0.15) is 0 Å².